The molecule has 1 fully saturated rings. The molecule has 0 spiro atoms. The van der Waals surface area contributed by atoms with E-state index in [-0.39, 0.29) is 36.1 Å². The number of carbonyl (C=O) groups excluding carboxylic acids is 3. The molecular weight excluding hydrogens is 552 g/mol. The molecule has 3 atom stereocenters. The van der Waals surface area contributed by atoms with Crippen LogP contribution in [0.1, 0.15) is 27.0 Å². The predicted molar refractivity (Wildman–Crippen MR) is 156 cm³/mol. The van der Waals surface area contributed by atoms with Crippen molar-refractivity contribution in [3.05, 3.63) is 94.0 Å². The number of nitrogens with two attached hydrogens (primary N) is 1. The van der Waals surface area contributed by atoms with E-state index >= 15 is 0 Å². The van der Waals surface area contributed by atoms with Crippen molar-refractivity contribution in [2.24, 2.45) is 0 Å². The summed E-state index contributed by atoms with van der Waals surface area (Å²) in [7, 11) is 0. The molecule has 11 heteroatoms. The molecule has 1 aliphatic rings. The molecule has 0 bridgehead atoms. The van der Waals surface area contributed by atoms with E-state index in [2.05, 4.69) is 10.6 Å². The Balaban J connectivity index is 1.50. The Morgan fingerprint density at radius 3 is 2.62 bits per heavy atom. The van der Waals surface area contributed by atoms with Gasteiger partial charge in [0, 0.05) is 34.1 Å². The standard InChI is InChI=1S/C29H31ClN4O5S/c1-17-21(8-5-9-25(17)35)27(37)33-23(12-18-6-3-2-4-7-18)26(36)29(39)34-16-40-15-24(34)28(38)32-14-19-13-20(31)10-11-22(19)30/h2-11,13,23-24,26,35-36H,12,14-16,31H2,1H3,(H,32,38)(H,33,37)/t23-,24-,26-/m0/s1. The molecule has 1 aliphatic heterocycles. The number of aromatic hydroxyl groups is 1. The smallest absolute Gasteiger partial charge is 0.254 e. The highest BCUT2D eigenvalue weighted by Crippen LogP contribution is 2.25. The number of halogens is 1. The summed E-state index contributed by atoms with van der Waals surface area (Å²) >= 11 is 7.60. The lowest BCUT2D eigenvalue weighted by Gasteiger charge is -2.30. The number of nitrogens with zero attached hydrogens (tertiary/aromatic N) is 1. The van der Waals surface area contributed by atoms with Gasteiger partial charge in [0.25, 0.3) is 11.8 Å². The number of nitrogen functional groups attached to an aromatic ring is 1. The Morgan fingerprint density at radius 2 is 1.88 bits per heavy atom. The maximum atomic E-state index is 13.6. The Bertz CT molecular complexity index is 1390. The molecule has 0 radical (unpaired) electrons. The van der Waals surface area contributed by atoms with Gasteiger partial charge in [-0.2, -0.15) is 0 Å². The molecule has 0 saturated carbocycles. The summed E-state index contributed by atoms with van der Waals surface area (Å²) in [6, 6.07) is 16.9. The third-order valence-corrected chi connectivity index (χ3v) is 8.17. The van der Waals surface area contributed by atoms with Crippen molar-refractivity contribution in [2.75, 3.05) is 17.4 Å². The summed E-state index contributed by atoms with van der Waals surface area (Å²) in [5, 5.41) is 27.3. The van der Waals surface area contributed by atoms with E-state index in [9.17, 15) is 24.6 Å². The van der Waals surface area contributed by atoms with Crippen molar-refractivity contribution in [1.29, 1.82) is 0 Å². The van der Waals surface area contributed by atoms with E-state index in [1.165, 1.54) is 22.7 Å². The first-order valence-electron chi connectivity index (χ1n) is 12.7. The zero-order valence-corrected chi connectivity index (χ0v) is 23.4. The summed E-state index contributed by atoms with van der Waals surface area (Å²) in [6.07, 6.45) is -1.46. The molecule has 4 rings (SSSR count). The predicted octanol–water partition coefficient (Wildman–Crippen LogP) is 2.86. The number of aliphatic hydroxyl groups is 1. The summed E-state index contributed by atoms with van der Waals surface area (Å²) in [5.41, 5.74) is 8.39. The fourth-order valence-electron chi connectivity index (χ4n) is 4.47. The highest BCUT2D eigenvalue weighted by molar-refractivity contribution is 7.99. The Kier molecular flexibility index (Phi) is 9.57. The van der Waals surface area contributed by atoms with Crippen LogP contribution in [0.5, 0.6) is 5.75 Å². The molecule has 1 saturated heterocycles. The zero-order valence-electron chi connectivity index (χ0n) is 21.8. The van der Waals surface area contributed by atoms with Gasteiger partial charge in [0.2, 0.25) is 5.91 Å². The van der Waals surface area contributed by atoms with Gasteiger partial charge in [-0.1, -0.05) is 48.0 Å². The number of hydrogen-bond donors (Lipinski definition) is 5. The van der Waals surface area contributed by atoms with Crippen LogP contribution in [0.3, 0.4) is 0 Å². The minimum atomic E-state index is -1.63. The number of anilines is 1. The van der Waals surface area contributed by atoms with Crippen molar-refractivity contribution in [3.8, 4) is 5.75 Å². The first-order chi connectivity index (χ1) is 19.2. The van der Waals surface area contributed by atoms with Crippen molar-refractivity contribution in [1.82, 2.24) is 15.5 Å². The van der Waals surface area contributed by atoms with Gasteiger partial charge in [-0.15, -0.1) is 11.8 Å². The summed E-state index contributed by atoms with van der Waals surface area (Å²) in [4.78, 5) is 41.1. The lowest BCUT2D eigenvalue weighted by atomic mass is 9.98. The van der Waals surface area contributed by atoms with Gasteiger partial charge >= 0.3 is 0 Å². The van der Waals surface area contributed by atoms with Crippen molar-refractivity contribution in [3.63, 3.8) is 0 Å². The van der Waals surface area contributed by atoms with E-state index in [0.717, 1.165) is 5.56 Å². The average molecular weight is 583 g/mol. The zero-order chi connectivity index (χ0) is 28.8. The van der Waals surface area contributed by atoms with Crippen LogP contribution in [0.15, 0.2) is 66.7 Å². The number of hydrogen-bond acceptors (Lipinski definition) is 7. The van der Waals surface area contributed by atoms with Crippen molar-refractivity contribution in [2.45, 2.75) is 38.1 Å². The first kappa shape index (κ1) is 29.3. The van der Waals surface area contributed by atoms with Gasteiger partial charge < -0.3 is 31.5 Å². The fraction of sp³-hybridized carbons (Fsp3) is 0.276. The monoisotopic (exact) mass is 582 g/mol. The molecule has 6 N–H and O–H groups in total. The maximum absolute atomic E-state index is 13.6. The van der Waals surface area contributed by atoms with Gasteiger partial charge in [0.05, 0.1) is 11.9 Å². The second-order valence-electron chi connectivity index (χ2n) is 9.56. The lowest BCUT2D eigenvalue weighted by Crippen LogP contribution is -2.56. The van der Waals surface area contributed by atoms with Gasteiger partial charge in [0.15, 0.2) is 6.10 Å². The summed E-state index contributed by atoms with van der Waals surface area (Å²) < 4.78 is 0. The number of phenolic OH excluding ortho intramolecular Hbond substituents is 1. The van der Waals surface area contributed by atoms with Gasteiger partial charge in [-0.3, -0.25) is 14.4 Å². The molecule has 9 nitrogen and oxygen atoms in total. The Morgan fingerprint density at radius 1 is 1.12 bits per heavy atom. The second-order valence-corrected chi connectivity index (χ2v) is 11.0. The number of nitrogens with one attached hydrogen (secondary N) is 2. The van der Waals surface area contributed by atoms with E-state index in [4.69, 9.17) is 17.3 Å². The van der Waals surface area contributed by atoms with Crippen LogP contribution in [0.4, 0.5) is 5.69 Å². The maximum Gasteiger partial charge on any atom is 0.254 e. The summed E-state index contributed by atoms with van der Waals surface area (Å²) in [5.74, 6) is -1.06. The molecule has 210 valence electrons. The summed E-state index contributed by atoms with van der Waals surface area (Å²) in [6.45, 7) is 1.74. The fourth-order valence-corrected chi connectivity index (χ4v) is 5.82. The third kappa shape index (κ3) is 6.88. The van der Waals surface area contributed by atoms with E-state index < -0.39 is 30.0 Å². The number of carbonyl (C=O) groups is 3. The number of thioether (sulfide) groups is 1. The van der Waals surface area contributed by atoms with Crippen LogP contribution >= 0.6 is 23.4 Å². The first-order valence-corrected chi connectivity index (χ1v) is 14.2. The van der Waals surface area contributed by atoms with E-state index in [0.29, 0.717) is 27.6 Å². The van der Waals surface area contributed by atoms with Crippen LogP contribution in [-0.2, 0) is 22.6 Å². The van der Waals surface area contributed by atoms with Crippen molar-refractivity contribution >= 4 is 46.8 Å². The van der Waals surface area contributed by atoms with E-state index in [1.54, 1.807) is 37.3 Å². The number of aliphatic hydroxyl groups excluding tert-OH is 1. The molecule has 3 aromatic rings. The molecule has 0 aliphatic carbocycles. The highest BCUT2D eigenvalue weighted by Gasteiger charge is 2.40. The molecule has 0 unspecified atom stereocenters. The number of benzene rings is 3. The average Bonchev–Trinajstić information content (AvgIpc) is 3.44. The highest BCUT2D eigenvalue weighted by atomic mass is 35.5. The molecule has 3 aromatic carbocycles. The normalized spacial score (nSPS) is 16.3. The SMILES string of the molecule is Cc1c(O)cccc1C(=O)N[C@@H](Cc1ccccc1)[C@H](O)C(=O)N1CSC[C@H]1C(=O)NCc1cc(N)ccc1Cl. The Hall–Kier alpha value is -3.73. The molecule has 40 heavy (non-hydrogen) atoms. The molecule has 3 amide bonds. The van der Waals surface area contributed by atoms with Gasteiger partial charge in [0.1, 0.15) is 11.8 Å². The topological polar surface area (TPSA) is 145 Å². The van der Waals surface area contributed by atoms with Crippen LogP contribution < -0.4 is 16.4 Å². The van der Waals surface area contributed by atoms with Crippen LogP contribution in [0, 0.1) is 6.92 Å². The largest absolute Gasteiger partial charge is 0.508 e. The van der Waals surface area contributed by atoms with Crippen LogP contribution in [0.2, 0.25) is 5.02 Å². The number of phenols is 1. The van der Waals surface area contributed by atoms with Gasteiger partial charge in [-0.25, -0.2) is 0 Å². The molecule has 1 heterocycles. The third-order valence-electron chi connectivity index (χ3n) is 6.79. The van der Waals surface area contributed by atoms with E-state index in [1.807, 2.05) is 30.3 Å². The van der Waals surface area contributed by atoms with Crippen LogP contribution in [0.25, 0.3) is 0 Å². The number of amides is 3. The lowest BCUT2D eigenvalue weighted by molar-refractivity contribution is -0.146. The molecule has 0 aromatic heterocycles. The second kappa shape index (κ2) is 13.1. The quantitative estimate of drug-likeness (QED) is 0.244. The van der Waals surface area contributed by atoms with Crippen LogP contribution in [-0.4, -0.2) is 62.7 Å². The van der Waals surface area contributed by atoms with Gasteiger partial charge in [-0.05, 0) is 54.8 Å². The molecular formula is C29H31ClN4O5S. The minimum Gasteiger partial charge on any atom is -0.508 e. The van der Waals surface area contributed by atoms with Crippen molar-refractivity contribution < 1.29 is 24.6 Å². The minimum absolute atomic E-state index is 0.0358. The number of rotatable bonds is 9. The Labute approximate surface area is 241 Å².